The molecule has 2 aromatic rings. The fourth-order valence-electron chi connectivity index (χ4n) is 2.87. The summed E-state index contributed by atoms with van der Waals surface area (Å²) in [6.07, 6.45) is 2.57. The van der Waals surface area contributed by atoms with Crippen molar-refractivity contribution in [3.63, 3.8) is 0 Å². The van der Waals surface area contributed by atoms with Crippen molar-refractivity contribution >= 4 is 5.97 Å². The zero-order valence-electron chi connectivity index (χ0n) is 12.6. The van der Waals surface area contributed by atoms with Gasteiger partial charge in [-0.25, -0.2) is 4.79 Å². The van der Waals surface area contributed by atoms with Crippen molar-refractivity contribution in [1.29, 1.82) is 0 Å². The van der Waals surface area contributed by atoms with Crippen LogP contribution in [0.3, 0.4) is 0 Å². The van der Waals surface area contributed by atoms with Crippen molar-refractivity contribution in [2.45, 2.75) is 25.8 Å². The lowest BCUT2D eigenvalue weighted by Gasteiger charge is -2.24. The molecule has 5 nitrogen and oxygen atoms in total. The Hall–Kier alpha value is -2.27. The Bertz CT molecular complexity index is 647. The summed E-state index contributed by atoms with van der Waals surface area (Å²) >= 11 is 0. The molecule has 0 bridgehead atoms. The van der Waals surface area contributed by atoms with Gasteiger partial charge in [0.2, 0.25) is 0 Å². The molecule has 1 aliphatic heterocycles. The van der Waals surface area contributed by atoms with E-state index in [-0.39, 0.29) is 5.69 Å². The molecular weight excluding hydrogens is 278 g/mol. The second-order valence-electron chi connectivity index (χ2n) is 5.65. The normalized spacial score (nSPS) is 16.6. The summed E-state index contributed by atoms with van der Waals surface area (Å²) in [5.41, 5.74) is 2.89. The Morgan fingerprint density at radius 2 is 1.77 bits per heavy atom. The number of nitrogens with zero attached hydrogens (tertiary/aromatic N) is 3. The zero-order chi connectivity index (χ0) is 15.5. The SMILES string of the molecule is C[C@@H](c1ccc(-c2ccc(C(=O)O)nn2)cc1)N1CCCC1. The summed E-state index contributed by atoms with van der Waals surface area (Å²) in [5, 5.41) is 16.5. The number of rotatable bonds is 4. The van der Waals surface area contributed by atoms with Crippen LogP contribution in [0.1, 0.15) is 41.9 Å². The molecule has 0 amide bonds. The molecule has 5 heteroatoms. The van der Waals surface area contributed by atoms with Crippen LogP contribution in [0.5, 0.6) is 0 Å². The maximum absolute atomic E-state index is 10.8. The lowest BCUT2D eigenvalue weighted by molar-refractivity contribution is 0.0689. The van der Waals surface area contributed by atoms with Gasteiger partial charge in [0.05, 0.1) is 5.69 Å². The van der Waals surface area contributed by atoms with Crippen molar-refractivity contribution < 1.29 is 9.90 Å². The van der Waals surface area contributed by atoms with E-state index in [1.807, 2.05) is 12.1 Å². The number of aromatic nitrogens is 2. The maximum atomic E-state index is 10.8. The third-order valence-corrected chi connectivity index (χ3v) is 4.26. The topological polar surface area (TPSA) is 66.3 Å². The fraction of sp³-hybridized carbons (Fsp3) is 0.353. The van der Waals surface area contributed by atoms with Gasteiger partial charge in [-0.15, -0.1) is 10.2 Å². The highest BCUT2D eigenvalue weighted by Gasteiger charge is 2.19. The number of likely N-dealkylation sites (tertiary alicyclic amines) is 1. The Morgan fingerprint density at radius 3 is 2.32 bits per heavy atom. The molecule has 0 spiro atoms. The van der Waals surface area contributed by atoms with Gasteiger partial charge in [-0.3, -0.25) is 4.90 Å². The quantitative estimate of drug-likeness (QED) is 0.939. The van der Waals surface area contributed by atoms with E-state index in [0.29, 0.717) is 11.7 Å². The first-order chi connectivity index (χ1) is 10.6. The lowest BCUT2D eigenvalue weighted by atomic mass is 10.0. The zero-order valence-corrected chi connectivity index (χ0v) is 12.6. The van der Waals surface area contributed by atoms with Gasteiger partial charge >= 0.3 is 5.97 Å². The van der Waals surface area contributed by atoms with Gasteiger partial charge in [0.25, 0.3) is 0 Å². The number of benzene rings is 1. The number of carboxylic acids is 1. The molecule has 1 atom stereocenters. The Balaban J connectivity index is 1.77. The van der Waals surface area contributed by atoms with Crippen molar-refractivity contribution in [2.24, 2.45) is 0 Å². The van der Waals surface area contributed by atoms with Gasteiger partial charge in [0.15, 0.2) is 5.69 Å². The van der Waals surface area contributed by atoms with Gasteiger partial charge < -0.3 is 5.11 Å². The van der Waals surface area contributed by atoms with Crippen molar-refractivity contribution in [3.8, 4) is 11.3 Å². The number of aromatic carboxylic acids is 1. The van der Waals surface area contributed by atoms with Crippen LogP contribution in [-0.4, -0.2) is 39.3 Å². The van der Waals surface area contributed by atoms with E-state index >= 15 is 0 Å². The van der Waals surface area contributed by atoms with E-state index in [0.717, 1.165) is 5.56 Å². The van der Waals surface area contributed by atoms with Crippen LogP contribution in [-0.2, 0) is 0 Å². The van der Waals surface area contributed by atoms with Crippen LogP contribution in [0, 0.1) is 0 Å². The highest BCUT2D eigenvalue weighted by atomic mass is 16.4. The minimum Gasteiger partial charge on any atom is -0.476 e. The Labute approximate surface area is 129 Å². The highest BCUT2D eigenvalue weighted by Crippen LogP contribution is 2.26. The number of carboxylic acid groups (broad SMARTS) is 1. The summed E-state index contributed by atoms with van der Waals surface area (Å²) < 4.78 is 0. The van der Waals surface area contributed by atoms with Crippen molar-refractivity contribution in [1.82, 2.24) is 15.1 Å². The third-order valence-electron chi connectivity index (χ3n) is 4.26. The monoisotopic (exact) mass is 297 g/mol. The van der Waals surface area contributed by atoms with E-state index in [4.69, 9.17) is 5.11 Å². The first-order valence-corrected chi connectivity index (χ1v) is 7.56. The van der Waals surface area contributed by atoms with Gasteiger partial charge in [0, 0.05) is 11.6 Å². The standard InChI is InChI=1S/C17H19N3O2/c1-12(20-10-2-3-11-20)13-4-6-14(7-5-13)15-8-9-16(17(21)22)19-18-15/h4-9,12H,2-3,10-11H2,1H3,(H,21,22)/t12-/m0/s1. The van der Waals surface area contributed by atoms with E-state index in [9.17, 15) is 4.79 Å². The van der Waals surface area contributed by atoms with Gasteiger partial charge in [0.1, 0.15) is 0 Å². The number of hydrogen-bond donors (Lipinski definition) is 1. The van der Waals surface area contributed by atoms with Crippen LogP contribution in [0.25, 0.3) is 11.3 Å². The summed E-state index contributed by atoms with van der Waals surface area (Å²) in [6, 6.07) is 11.9. The van der Waals surface area contributed by atoms with Crippen LogP contribution in [0.4, 0.5) is 0 Å². The molecule has 114 valence electrons. The van der Waals surface area contributed by atoms with Gasteiger partial charge in [-0.2, -0.15) is 0 Å². The average molecular weight is 297 g/mol. The van der Waals surface area contributed by atoms with E-state index in [1.165, 1.54) is 37.6 Å². The molecule has 2 heterocycles. The lowest BCUT2D eigenvalue weighted by Crippen LogP contribution is -2.23. The first kappa shape index (κ1) is 14.7. The number of hydrogen-bond acceptors (Lipinski definition) is 4. The van der Waals surface area contributed by atoms with E-state index in [1.54, 1.807) is 6.07 Å². The second kappa shape index (κ2) is 6.23. The largest absolute Gasteiger partial charge is 0.476 e. The number of carbonyl (C=O) groups is 1. The molecule has 1 fully saturated rings. The third kappa shape index (κ3) is 2.99. The minimum absolute atomic E-state index is 0.0389. The first-order valence-electron chi connectivity index (χ1n) is 7.56. The summed E-state index contributed by atoms with van der Waals surface area (Å²) in [4.78, 5) is 13.3. The molecule has 0 unspecified atom stereocenters. The second-order valence-corrected chi connectivity index (χ2v) is 5.65. The molecule has 0 aliphatic carbocycles. The molecule has 1 aromatic carbocycles. The van der Waals surface area contributed by atoms with Crippen LogP contribution in [0.2, 0.25) is 0 Å². The van der Waals surface area contributed by atoms with Crippen molar-refractivity contribution in [2.75, 3.05) is 13.1 Å². The Morgan fingerprint density at radius 1 is 1.09 bits per heavy atom. The van der Waals surface area contributed by atoms with Crippen LogP contribution >= 0.6 is 0 Å². The summed E-state index contributed by atoms with van der Waals surface area (Å²) in [6.45, 7) is 4.58. The minimum atomic E-state index is -1.06. The predicted octanol–water partition coefficient (Wildman–Crippen LogP) is 3.00. The molecule has 22 heavy (non-hydrogen) atoms. The summed E-state index contributed by atoms with van der Waals surface area (Å²) in [7, 11) is 0. The summed E-state index contributed by atoms with van der Waals surface area (Å²) in [5.74, 6) is -1.06. The molecule has 1 saturated heterocycles. The molecule has 0 saturated carbocycles. The molecule has 1 aromatic heterocycles. The molecule has 1 aliphatic rings. The molecule has 1 N–H and O–H groups in total. The predicted molar refractivity (Wildman–Crippen MR) is 83.6 cm³/mol. The molecule has 3 rings (SSSR count). The van der Waals surface area contributed by atoms with E-state index < -0.39 is 5.97 Å². The van der Waals surface area contributed by atoms with E-state index in [2.05, 4.69) is 34.2 Å². The van der Waals surface area contributed by atoms with Crippen LogP contribution < -0.4 is 0 Å². The van der Waals surface area contributed by atoms with Crippen LogP contribution in [0.15, 0.2) is 36.4 Å². The average Bonchev–Trinajstić information content (AvgIpc) is 3.09. The fourth-order valence-corrected chi connectivity index (χ4v) is 2.87. The van der Waals surface area contributed by atoms with Crippen molar-refractivity contribution in [3.05, 3.63) is 47.7 Å². The smallest absolute Gasteiger partial charge is 0.356 e. The molecule has 0 radical (unpaired) electrons. The highest BCUT2D eigenvalue weighted by molar-refractivity contribution is 5.85. The maximum Gasteiger partial charge on any atom is 0.356 e. The van der Waals surface area contributed by atoms with Gasteiger partial charge in [-0.1, -0.05) is 24.3 Å². The molecular formula is C17H19N3O2. The van der Waals surface area contributed by atoms with Gasteiger partial charge in [-0.05, 0) is 50.6 Å². The Kier molecular flexibility index (Phi) is 4.15.